The molecule has 1 aliphatic rings. The molecule has 3 nitrogen and oxygen atoms in total. The van der Waals surface area contributed by atoms with Crippen LogP contribution in [0, 0.1) is 0 Å². The third-order valence-electron chi connectivity index (χ3n) is 3.55. The van der Waals surface area contributed by atoms with Crippen molar-refractivity contribution >= 4 is 17.4 Å². The van der Waals surface area contributed by atoms with Crippen LogP contribution in [0.5, 0.6) is 0 Å². The Morgan fingerprint density at radius 3 is 2.70 bits per heavy atom. The smallest absolute Gasteiger partial charge is 0.119 e. The normalized spacial score (nSPS) is 17.4. The number of nitrogens with zero attached hydrogens (tertiary/aromatic N) is 3. The maximum atomic E-state index is 6.37. The molecule has 0 saturated carbocycles. The van der Waals surface area contributed by atoms with Gasteiger partial charge >= 0.3 is 0 Å². The summed E-state index contributed by atoms with van der Waals surface area (Å²) in [7, 11) is 4.02. The first-order valence-electron chi connectivity index (χ1n) is 6.59. The monoisotopic (exact) mass is 285 g/mol. The number of amidine groups is 1. The Balaban J connectivity index is 2.15. The molecule has 102 valence electrons. The molecule has 0 amide bonds. The second kappa shape index (κ2) is 5.25. The minimum Gasteiger partial charge on any atom is -0.366 e. The van der Waals surface area contributed by atoms with Crippen molar-refractivity contribution in [3.63, 3.8) is 0 Å². The molecule has 4 heteroatoms. The van der Waals surface area contributed by atoms with E-state index >= 15 is 0 Å². The van der Waals surface area contributed by atoms with Crippen LogP contribution in [0.3, 0.4) is 0 Å². The topological polar surface area (TPSA) is 28.5 Å². The molecular weight excluding hydrogens is 270 g/mol. The standard InChI is InChI=1S/C16H16ClN3/c1-20(2)15-10-12-11(6-5-7-13(12)17)16(19-15)14-8-3-4-9-18-14/h3-9,16H,10H2,1-2H3. The van der Waals surface area contributed by atoms with Crippen LogP contribution in [-0.2, 0) is 6.42 Å². The lowest BCUT2D eigenvalue weighted by molar-refractivity contribution is 0.590. The highest BCUT2D eigenvalue weighted by molar-refractivity contribution is 6.31. The van der Waals surface area contributed by atoms with Crippen LogP contribution in [0.1, 0.15) is 22.9 Å². The van der Waals surface area contributed by atoms with Gasteiger partial charge in [-0.15, -0.1) is 0 Å². The highest BCUT2D eigenvalue weighted by Gasteiger charge is 2.26. The van der Waals surface area contributed by atoms with Gasteiger partial charge in [-0.2, -0.15) is 0 Å². The van der Waals surface area contributed by atoms with Crippen LogP contribution in [-0.4, -0.2) is 29.8 Å². The van der Waals surface area contributed by atoms with Gasteiger partial charge in [0.15, 0.2) is 0 Å². The summed E-state index contributed by atoms with van der Waals surface area (Å²) < 4.78 is 0. The number of aliphatic imine (C=N–C) groups is 1. The number of benzene rings is 1. The molecule has 0 saturated heterocycles. The number of hydrogen-bond donors (Lipinski definition) is 0. The minimum absolute atomic E-state index is 0.0731. The second-order valence-corrected chi connectivity index (χ2v) is 5.49. The molecule has 0 aliphatic carbocycles. The van der Waals surface area contributed by atoms with Crippen molar-refractivity contribution < 1.29 is 0 Å². The maximum Gasteiger partial charge on any atom is 0.119 e. The molecule has 1 aliphatic heterocycles. The van der Waals surface area contributed by atoms with Gasteiger partial charge in [0.2, 0.25) is 0 Å². The summed E-state index contributed by atoms with van der Waals surface area (Å²) in [5.41, 5.74) is 3.26. The molecule has 0 fully saturated rings. The Kier molecular flexibility index (Phi) is 3.45. The quantitative estimate of drug-likeness (QED) is 0.804. The molecule has 2 heterocycles. The number of likely N-dealkylation sites (N-methyl/N-ethyl adjacent to an activating group) is 1. The largest absolute Gasteiger partial charge is 0.366 e. The summed E-state index contributed by atoms with van der Waals surface area (Å²) in [4.78, 5) is 11.4. The Morgan fingerprint density at radius 2 is 2.00 bits per heavy atom. The van der Waals surface area contributed by atoms with E-state index in [9.17, 15) is 0 Å². The number of rotatable bonds is 1. The number of hydrogen-bond acceptors (Lipinski definition) is 3. The van der Waals surface area contributed by atoms with Crippen molar-refractivity contribution in [2.45, 2.75) is 12.5 Å². The van der Waals surface area contributed by atoms with Crippen LogP contribution in [0.2, 0.25) is 5.02 Å². The van der Waals surface area contributed by atoms with Gasteiger partial charge < -0.3 is 4.90 Å². The predicted molar refractivity (Wildman–Crippen MR) is 82.4 cm³/mol. The average molecular weight is 286 g/mol. The molecular formula is C16H16ClN3. The van der Waals surface area contributed by atoms with E-state index in [1.165, 1.54) is 0 Å². The van der Waals surface area contributed by atoms with Crippen LogP contribution in [0.15, 0.2) is 47.6 Å². The molecule has 1 unspecified atom stereocenters. The molecule has 20 heavy (non-hydrogen) atoms. The molecule has 0 spiro atoms. The summed E-state index contributed by atoms with van der Waals surface area (Å²) in [5.74, 6) is 1.03. The summed E-state index contributed by atoms with van der Waals surface area (Å²) >= 11 is 6.37. The number of pyridine rings is 1. The molecule has 3 rings (SSSR count). The van der Waals surface area contributed by atoms with Gasteiger partial charge in [0.25, 0.3) is 0 Å². The van der Waals surface area contributed by atoms with E-state index in [-0.39, 0.29) is 6.04 Å². The van der Waals surface area contributed by atoms with Gasteiger partial charge in [0.1, 0.15) is 11.9 Å². The van der Waals surface area contributed by atoms with Crippen LogP contribution < -0.4 is 0 Å². The zero-order valence-electron chi connectivity index (χ0n) is 11.5. The van der Waals surface area contributed by atoms with E-state index in [0.29, 0.717) is 0 Å². The van der Waals surface area contributed by atoms with E-state index in [4.69, 9.17) is 16.6 Å². The zero-order chi connectivity index (χ0) is 14.1. The minimum atomic E-state index is -0.0731. The van der Waals surface area contributed by atoms with E-state index < -0.39 is 0 Å². The lowest BCUT2D eigenvalue weighted by Crippen LogP contribution is -2.29. The Labute approximate surface area is 123 Å². The zero-order valence-corrected chi connectivity index (χ0v) is 12.3. The van der Waals surface area contributed by atoms with Crippen LogP contribution in [0.25, 0.3) is 0 Å². The van der Waals surface area contributed by atoms with Crippen molar-refractivity contribution in [3.05, 3.63) is 64.4 Å². The van der Waals surface area contributed by atoms with Crippen LogP contribution >= 0.6 is 11.6 Å². The lowest BCUT2D eigenvalue weighted by atomic mass is 9.92. The Morgan fingerprint density at radius 1 is 1.15 bits per heavy atom. The lowest BCUT2D eigenvalue weighted by Gasteiger charge is -2.27. The fourth-order valence-electron chi connectivity index (χ4n) is 2.48. The molecule has 0 N–H and O–H groups in total. The molecule has 1 atom stereocenters. The third kappa shape index (κ3) is 2.29. The molecule has 1 aromatic heterocycles. The van der Waals surface area contributed by atoms with Crippen molar-refractivity contribution in [2.24, 2.45) is 4.99 Å². The predicted octanol–water partition coefficient (Wildman–Crippen LogP) is 3.34. The summed E-state index contributed by atoms with van der Waals surface area (Å²) in [6, 6.07) is 11.9. The highest BCUT2D eigenvalue weighted by Crippen LogP contribution is 2.35. The van der Waals surface area contributed by atoms with Crippen LogP contribution in [0.4, 0.5) is 0 Å². The Hall–Kier alpha value is -1.87. The number of halogens is 1. The summed E-state index contributed by atoms with van der Waals surface area (Å²) in [6.07, 6.45) is 2.57. The maximum absolute atomic E-state index is 6.37. The van der Waals surface area contributed by atoms with Gasteiger partial charge in [0, 0.05) is 31.7 Å². The molecule has 0 radical (unpaired) electrons. The van der Waals surface area contributed by atoms with Crippen molar-refractivity contribution in [3.8, 4) is 0 Å². The van der Waals surface area contributed by atoms with Crippen molar-refractivity contribution in [2.75, 3.05) is 14.1 Å². The van der Waals surface area contributed by atoms with Gasteiger partial charge in [-0.05, 0) is 29.3 Å². The summed E-state index contributed by atoms with van der Waals surface area (Å²) in [6.45, 7) is 0. The molecule has 0 bridgehead atoms. The SMILES string of the molecule is CN(C)C1=NC(c2ccccn2)c2cccc(Cl)c2C1. The van der Waals surface area contributed by atoms with Gasteiger partial charge in [-0.3, -0.25) is 9.98 Å². The molecule has 2 aromatic rings. The number of fused-ring (bicyclic) bond motifs is 1. The Bertz CT molecular complexity index is 650. The highest BCUT2D eigenvalue weighted by atomic mass is 35.5. The van der Waals surface area contributed by atoms with Gasteiger partial charge in [0.05, 0.1) is 5.69 Å². The van der Waals surface area contributed by atoms with E-state index in [1.807, 2.05) is 49.3 Å². The van der Waals surface area contributed by atoms with E-state index in [2.05, 4.69) is 11.1 Å². The van der Waals surface area contributed by atoms with Gasteiger partial charge in [-0.25, -0.2) is 0 Å². The second-order valence-electron chi connectivity index (χ2n) is 5.08. The first-order valence-corrected chi connectivity index (χ1v) is 6.97. The fraction of sp³-hybridized carbons (Fsp3) is 0.250. The van der Waals surface area contributed by atoms with Gasteiger partial charge in [-0.1, -0.05) is 29.8 Å². The van der Waals surface area contributed by atoms with E-state index in [0.717, 1.165) is 34.1 Å². The first-order chi connectivity index (χ1) is 9.66. The fourth-order valence-corrected chi connectivity index (χ4v) is 2.73. The first kappa shape index (κ1) is 13.1. The third-order valence-corrected chi connectivity index (χ3v) is 3.90. The average Bonchev–Trinajstić information content (AvgIpc) is 2.47. The van der Waals surface area contributed by atoms with Crippen molar-refractivity contribution in [1.29, 1.82) is 0 Å². The molecule has 1 aromatic carbocycles. The summed E-state index contributed by atoms with van der Waals surface area (Å²) in [5, 5.41) is 0.803. The number of aromatic nitrogens is 1. The van der Waals surface area contributed by atoms with E-state index in [1.54, 1.807) is 6.20 Å². The van der Waals surface area contributed by atoms with Crippen molar-refractivity contribution in [1.82, 2.24) is 9.88 Å².